The number of rotatable bonds is 15. The number of alkyl carbamates (subject to hydrolysis) is 1. The number of alkyl halides is 4. The summed E-state index contributed by atoms with van der Waals surface area (Å²) < 4.78 is 72.0. The SMILES string of the molecule is CC.CC(C=O)C(=O)NCC(F)(F)C(F)F.CC(N)=O.C[C@@H]1CC(=O)N(CCOC(=O)NCCNC(=O)CCCC=O)c2cc(F)ccc2O1. The van der Waals surface area contributed by atoms with Crippen molar-refractivity contribution in [2.24, 2.45) is 11.7 Å². The average molecular weight is 728 g/mol. The first kappa shape index (κ1) is 47.3. The molecule has 1 aromatic carbocycles. The number of carbonyl (C=O) groups excluding carboxylic acids is 7. The molecular weight excluding hydrogens is 681 g/mol. The Bertz CT molecular complexity index is 1240. The number of nitrogens with zero attached hydrogens (tertiary/aromatic N) is 1. The van der Waals surface area contributed by atoms with E-state index in [0.717, 1.165) is 6.29 Å². The molecule has 1 aliphatic heterocycles. The van der Waals surface area contributed by atoms with Gasteiger partial charge in [-0.15, -0.1) is 0 Å². The second kappa shape index (κ2) is 26.1. The summed E-state index contributed by atoms with van der Waals surface area (Å²) in [5.41, 5.74) is 4.77. The molecule has 2 atom stereocenters. The average Bonchev–Trinajstić information content (AvgIpc) is 3.16. The van der Waals surface area contributed by atoms with E-state index < -0.39 is 42.6 Å². The smallest absolute Gasteiger partial charge is 0.407 e. The first-order valence-corrected chi connectivity index (χ1v) is 15.5. The molecule has 1 unspecified atom stereocenters. The molecule has 2 rings (SSSR count). The van der Waals surface area contributed by atoms with Crippen molar-refractivity contribution in [3.63, 3.8) is 0 Å². The summed E-state index contributed by atoms with van der Waals surface area (Å²) in [6.45, 7) is 7.10. The fourth-order valence-electron chi connectivity index (χ4n) is 3.38. The van der Waals surface area contributed by atoms with E-state index in [2.05, 4.69) is 16.4 Å². The zero-order valence-corrected chi connectivity index (χ0v) is 28.6. The van der Waals surface area contributed by atoms with Crippen molar-refractivity contribution in [2.45, 2.75) is 78.8 Å². The summed E-state index contributed by atoms with van der Waals surface area (Å²) in [5.74, 6) is -7.29. The maximum Gasteiger partial charge on any atom is 0.407 e. The van der Waals surface area contributed by atoms with Crippen molar-refractivity contribution in [2.75, 3.05) is 37.7 Å². The molecule has 0 saturated heterocycles. The molecule has 1 aromatic rings. The van der Waals surface area contributed by atoms with Crippen LogP contribution in [0.4, 0.5) is 32.4 Å². The summed E-state index contributed by atoms with van der Waals surface area (Å²) >= 11 is 0. The van der Waals surface area contributed by atoms with E-state index in [0.29, 0.717) is 24.3 Å². The van der Waals surface area contributed by atoms with Crippen LogP contribution in [0.15, 0.2) is 18.2 Å². The van der Waals surface area contributed by atoms with Gasteiger partial charge in [0.15, 0.2) is 0 Å². The Kier molecular flexibility index (Phi) is 24.7. The molecule has 5 N–H and O–H groups in total. The van der Waals surface area contributed by atoms with Crippen LogP contribution >= 0.6 is 0 Å². The molecular formula is C31H46F5N5O9. The molecule has 0 saturated carbocycles. The predicted molar refractivity (Wildman–Crippen MR) is 171 cm³/mol. The first-order chi connectivity index (χ1) is 23.4. The number of primary amides is 1. The Hall–Kier alpha value is -4.84. The van der Waals surface area contributed by atoms with Gasteiger partial charge in [-0.2, -0.15) is 8.78 Å². The molecule has 0 fully saturated rings. The Labute approximate surface area is 287 Å². The number of carbonyl (C=O) groups is 7. The number of fused-ring (bicyclic) bond motifs is 1. The van der Waals surface area contributed by atoms with Gasteiger partial charge in [0.1, 0.15) is 36.8 Å². The Morgan fingerprint density at radius 1 is 1.12 bits per heavy atom. The number of hydrogen-bond acceptors (Lipinski definition) is 9. The van der Waals surface area contributed by atoms with E-state index in [4.69, 9.17) is 9.47 Å². The number of anilines is 1. The van der Waals surface area contributed by atoms with Crippen molar-refractivity contribution in [1.29, 1.82) is 0 Å². The quantitative estimate of drug-likeness (QED) is 0.0907. The Balaban J connectivity index is 0. The van der Waals surface area contributed by atoms with Crippen LogP contribution in [0, 0.1) is 11.7 Å². The Morgan fingerprint density at radius 2 is 1.72 bits per heavy atom. The molecule has 1 aliphatic rings. The molecule has 1 heterocycles. The largest absolute Gasteiger partial charge is 0.488 e. The van der Waals surface area contributed by atoms with Gasteiger partial charge in [-0.1, -0.05) is 13.8 Å². The molecule has 14 nitrogen and oxygen atoms in total. The van der Waals surface area contributed by atoms with Crippen molar-refractivity contribution in [1.82, 2.24) is 16.0 Å². The first-order valence-electron chi connectivity index (χ1n) is 15.5. The standard InChI is InChI=1S/C20H26FN3O6.C7H9F4NO2.C2H5NO.C2H6/c1-14-12-19(27)24(16-13-15(21)5-6-17(16)30-14)9-11-29-20(28)23-8-7-22-18(26)4-2-3-10-25;1-4(2-13)5(14)12-3-7(10,11)6(8)9;1-2(3)4;1-2/h5-6,10,13-14H,2-4,7-9,11-12H2,1H3,(H,22,26)(H,23,28);2,4,6H,3H2,1H3,(H,12,14);1H3,(H2,3,4);1-2H3/t14-;;;/m1.../s1. The minimum atomic E-state index is -4.27. The summed E-state index contributed by atoms with van der Waals surface area (Å²) in [5, 5.41) is 6.65. The number of halogens is 5. The highest BCUT2D eigenvalue weighted by Crippen LogP contribution is 2.33. The maximum atomic E-state index is 13.7. The van der Waals surface area contributed by atoms with E-state index in [1.165, 1.54) is 36.9 Å². The van der Waals surface area contributed by atoms with Gasteiger partial charge in [0.05, 0.1) is 31.1 Å². The lowest BCUT2D eigenvalue weighted by Gasteiger charge is -2.21. The fourth-order valence-corrected chi connectivity index (χ4v) is 3.38. The lowest BCUT2D eigenvalue weighted by Crippen LogP contribution is -2.43. The van der Waals surface area contributed by atoms with E-state index in [1.54, 1.807) is 12.2 Å². The number of aldehydes is 2. The minimum Gasteiger partial charge on any atom is -0.488 e. The monoisotopic (exact) mass is 727 g/mol. The summed E-state index contributed by atoms with van der Waals surface area (Å²) in [6, 6.07) is 3.93. The molecule has 0 aliphatic carbocycles. The van der Waals surface area contributed by atoms with Gasteiger partial charge in [-0.05, 0) is 32.4 Å². The van der Waals surface area contributed by atoms with Crippen LogP contribution in [-0.4, -0.2) is 93.5 Å². The van der Waals surface area contributed by atoms with Crippen LogP contribution in [0.3, 0.4) is 0 Å². The lowest BCUT2D eigenvalue weighted by molar-refractivity contribution is -0.139. The molecule has 0 radical (unpaired) electrons. The zero-order valence-electron chi connectivity index (χ0n) is 28.6. The topological polar surface area (TPSA) is 203 Å². The van der Waals surface area contributed by atoms with E-state index in [-0.39, 0.29) is 69.2 Å². The maximum absolute atomic E-state index is 13.7. The van der Waals surface area contributed by atoms with E-state index in [1.807, 2.05) is 13.8 Å². The highest BCUT2D eigenvalue weighted by atomic mass is 19.3. The minimum absolute atomic E-state index is 0.0479. The van der Waals surface area contributed by atoms with E-state index in [9.17, 15) is 55.5 Å². The molecule has 50 heavy (non-hydrogen) atoms. The van der Waals surface area contributed by atoms with Crippen LogP contribution in [0.1, 0.15) is 60.3 Å². The predicted octanol–water partition coefficient (Wildman–Crippen LogP) is 2.90. The summed E-state index contributed by atoms with van der Waals surface area (Å²) in [6.07, 6.45) is -2.72. The molecule has 0 spiro atoms. The second-order valence-electron chi connectivity index (χ2n) is 10.1. The highest BCUT2D eigenvalue weighted by molar-refractivity contribution is 5.96. The second-order valence-corrected chi connectivity index (χ2v) is 10.1. The molecule has 284 valence electrons. The molecule has 19 heteroatoms. The number of ether oxygens (including phenoxy) is 2. The van der Waals surface area contributed by atoms with Crippen LogP contribution in [-0.2, 0) is 33.5 Å². The van der Waals surface area contributed by atoms with Gasteiger partial charge < -0.3 is 45.6 Å². The molecule has 5 amide bonds. The van der Waals surface area contributed by atoms with Crippen molar-refractivity contribution in [3.8, 4) is 5.75 Å². The number of unbranched alkanes of at least 4 members (excludes halogenated alkanes) is 1. The molecule has 0 aromatic heterocycles. The van der Waals surface area contributed by atoms with Gasteiger partial charge >= 0.3 is 18.4 Å². The van der Waals surface area contributed by atoms with Crippen LogP contribution in [0.5, 0.6) is 5.75 Å². The van der Waals surface area contributed by atoms with Gasteiger partial charge in [0.25, 0.3) is 0 Å². The van der Waals surface area contributed by atoms with Gasteiger partial charge in [0, 0.05) is 38.9 Å². The van der Waals surface area contributed by atoms with Crippen molar-refractivity contribution < 1.29 is 65.0 Å². The summed E-state index contributed by atoms with van der Waals surface area (Å²) in [4.78, 5) is 77.2. The number of benzene rings is 1. The number of hydrogen-bond donors (Lipinski definition) is 4. The van der Waals surface area contributed by atoms with Crippen molar-refractivity contribution >= 4 is 48.0 Å². The summed E-state index contributed by atoms with van der Waals surface area (Å²) in [7, 11) is 0. The number of nitrogens with two attached hydrogens (primary N) is 1. The highest BCUT2D eigenvalue weighted by Gasteiger charge is 2.41. The number of nitrogens with one attached hydrogen (secondary N) is 3. The normalized spacial score (nSPS) is 13.8. The van der Waals surface area contributed by atoms with Gasteiger partial charge in [-0.3, -0.25) is 19.2 Å². The lowest BCUT2D eigenvalue weighted by atomic mass is 10.2. The van der Waals surface area contributed by atoms with Crippen LogP contribution in [0.25, 0.3) is 0 Å². The Morgan fingerprint density at radius 3 is 2.28 bits per heavy atom. The third kappa shape index (κ3) is 21.2. The zero-order chi connectivity index (χ0) is 38.9. The van der Waals surface area contributed by atoms with E-state index >= 15 is 0 Å². The fraction of sp³-hybridized carbons (Fsp3) is 0.581. The van der Waals surface area contributed by atoms with Gasteiger partial charge in [0.2, 0.25) is 23.6 Å². The van der Waals surface area contributed by atoms with Crippen LogP contribution in [0.2, 0.25) is 0 Å². The van der Waals surface area contributed by atoms with Crippen LogP contribution < -0.4 is 31.3 Å². The van der Waals surface area contributed by atoms with Crippen molar-refractivity contribution in [3.05, 3.63) is 24.0 Å². The van der Waals surface area contributed by atoms with Gasteiger partial charge in [-0.25, -0.2) is 18.0 Å². The third-order valence-corrected chi connectivity index (χ3v) is 5.73. The number of amides is 5. The molecule has 0 bridgehead atoms. The third-order valence-electron chi connectivity index (χ3n) is 5.73.